The summed E-state index contributed by atoms with van der Waals surface area (Å²) in [6, 6.07) is 11.5. The Hall–Kier alpha value is -2.68. The Balaban J connectivity index is 2.27. The second-order valence-corrected chi connectivity index (χ2v) is 3.99. The molecule has 1 aromatic heterocycles. The summed E-state index contributed by atoms with van der Waals surface area (Å²) in [7, 11) is 0. The van der Waals surface area contributed by atoms with E-state index in [1.165, 1.54) is 4.68 Å². The predicted molar refractivity (Wildman–Crippen MR) is 66.2 cm³/mol. The summed E-state index contributed by atoms with van der Waals surface area (Å²) in [5.41, 5.74) is 1.02. The first-order valence-electron chi connectivity index (χ1n) is 5.74. The summed E-state index contributed by atoms with van der Waals surface area (Å²) in [4.78, 5) is 15.0. The van der Waals surface area contributed by atoms with Crippen LogP contribution in [0.2, 0.25) is 0 Å². The molecule has 6 nitrogen and oxygen atoms in total. The zero-order valence-corrected chi connectivity index (χ0v) is 10.2. The van der Waals surface area contributed by atoms with Crippen LogP contribution in [0.1, 0.15) is 17.2 Å². The highest BCUT2D eigenvalue weighted by Gasteiger charge is 2.12. The van der Waals surface area contributed by atoms with Gasteiger partial charge in [-0.2, -0.15) is 10.4 Å². The molecule has 0 aliphatic rings. The normalized spacial score (nSPS) is 10.1. The molecule has 0 atom stereocenters. The van der Waals surface area contributed by atoms with Gasteiger partial charge in [-0.3, -0.25) is 4.79 Å². The van der Waals surface area contributed by atoms with E-state index >= 15 is 0 Å². The quantitative estimate of drug-likeness (QED) is 0.862. The molecule has 19 heavy (non-hydrogen) atoms. The van der Waals surface area contributed by atoms with E-state index in [0.29, 0.717) is 18.1 Å². The second kappa shape index (κ2) is 5.78. The lowest BCUT2D eigenvalue weighted by atomic mass is 10.1. The summed E-state index contributed by atoms with van der Waals surface area (Å²) in [6.45, 7) is -0.249. The van der Waals surface area contributed by atoms with Crippen molar-refractivity contribution in [3.05, 3.63) is 47.5 Å². The van der Waals surface area contributed by atoms with Crippen LogP contribution in [-0.4, -0.2) is 25.8 Å². The molecular formula is C13H12N4O2. The second-order valence-electron chi connectivity index (χ2n) is 3.99. The van der Waals surface area contributed by atoms with Crippen LogP contribution < -0.4 is 0 Å². The third-order valence-electron chi connectivity index (χ3n) is 2.52. The van der Waals surface area contributed by atoms with Gasteiger partial charge in [0.05, 0.1) is 12.5 Å². The maximum absolute atomic E-state index is 10.8. The highest BCUT2D eigenvalue weighted by atomic mass is 16.4. The van der Waals surface area contributed by atoms with E-state index < -0.39 is 5.97 Å². The smallest absolute Gasteiger partial charge is 0.325 e. The number of benzene rings is 1. The molecule has 0 aliphatic carbocycles. The molecule has 0 unspecified atom stereocenters. The van der Waals surface area contributed by atoms with Crippen molar-refractivity contribution >= 4 is 5.97 Å². The van der Waals surface area contributed by atoms with E-state index in [1.54, 1.807) is 0 Å². The van der Waals surface area contributed by atoms with Gasteiger partial charge in [-0.1, -0.05) is 30.3 Å². The standard InChI is InChI=1S/C13H12N4O2/c14-7-6-11-15-12(17(16-11)9-13(18)19)8-10-4-2-1-3-5-10/h1-5H,6,8-9H2,(H,18,19). The van der Waals surface area contributed by atoms with Gasteiger partial charge in [0.25, 0.3) is 0 Å². The Bertz CT molecular complexity index is 613. The summed E-state index contributed by atoms with van der Waals surface area (Å²) in [5.74, 6) is -0.0729. The predicted octanol–water partition coefficient (Wildman–Crippen LogP) is 1.02. The molecule has 1 N–H and O–H groups in total. The van der Waals surface area contributed by atoms with Crippen molar-refractivity contribution in [2.24, 2.45) is 0 Å². The minimum Gasteiger partial charge on any atom is -0.480 e. The Kier molecular flexibility index (Phi) is 3.88. The number of hydrogen-bond donors (Lipinski definition) is 1. The van der Waals surface area contributed by atoms with Crippen molar-refractivity contribution in [2.45, 2.75) is 19.4 Å². The van der Waals surface area contributed by atoms with Crippen LogP contribution in [-0.2, 0) is 24.2 Å². The lowest BCUT2D eigenvalue weighted by Crippen LogP contribution is -2.13. The van der Waals surface area contributed by atoms with Crippen molar-refractivity contribution in [1.29, 1.82) is 5.26 Å². The Morgan fingerprint density at radius 3 is 2.74 bits per heavy atom. The van der Waals surface area contributed by atoms with Gasteiger partial charge < -0.3 is 5.11 Å². The van der Waals surface area contributed by atoms with Crippen molar-refractivity contribution in [1.82, 2.24) is 14.8 Å². The highest BCUT2D eigenvalue weighted by Crippen LogP contribution is 2.08. The van der Waals surface area contributed by atoms with Gasteiger partial charge in [-0.15, -0.1) is 0 Å². The number of hydrogen-bond acceptors (Lipinski definition) is 4. The molecule has 0 aliphatic heterocycles. The minimum absolute atomic E-state index is 0.0778. The molecule has 0 saturated carbocycles. The first-order valence-corrected chi connectivity index (χ1v) is 5.74. The molecule has 0 fully saturated rings. The van der Waals surface area contributed by atoms with Gasteiger partial charge >= 0.3 is 5.97 Å². The molecule has 0 bridgehead atoms. The average molecular weight is 256 g/mol. The first kappa shape index (κ1) is 12.8. The van der Waals surface area contributed by atoms with E-state index in [4.69, 9.17) is 10.4 Å². The van der Waals surface area contributed by atoms with Crippen LogP contribution in [0.15, 0.2) is 30.3 Å². The van der Waals surface area contributed by atoms with Crippen LogP contribution >= 0.6 is 0 Å². The number of carboxylic acids is 1. The lowest BCUT2D eigenvalue weighted by Gasteiger charge is -2.02. The maximum Gasteiger partial charge on any atom is 0.325 e. The van der Waals surface area contributed by atoms with Crippen LogP contribution in [0.5, 0.6) is 0 Å². The molecule has 0 radical (unpaired) electrons. The zero-order valence-electron chi connectivity index (χ0n) is 10.2. The molecule has 0 spiro atoms. The number of aromatic nitrogens is 3. The molecular weight excluding hydrogens is 244 g/mol. The number of rotatable bonds is 5. The fourth-order valence-electron chi connectivity index (χ4n) is 1.74. The van der Waals surface area contributed by atoms with Crippen molar-refractivity contribution in [2.75, 3.05) is 0 Å². The topological polar surface area (TPSA) is 91.8 Å². The molecule has 0 saturated heterocycles. The third-order valence-corrected chi connectivity index (χ3v) is 2.52. The van der Waals surface area contributed by atoms with Crippen molar-refractivity contribution in [3.63, 3.8) is 0 Å². The van der Waals surface area contributed by atoms with Gasteiger partial charge in [0.15, 0.2) is 5.82 Å². The fourth-order valence-corrected chi connectivity index (χ4v) is 1.74. The maximum atomic E-state index is 10.8. The number of aliphatic carboxylic acids is 1. The van der Waals surface area contributed by atoms with Crippen LogP contribution in [0.3, 0.4) is 0 Å². The number of nitrogens with zero attached hydrogens (tertiary/aromatic N) is 4. The van der Waals surface area contributed by atoms with E-state index in [0.717, 1.165) is 5.56 Å². The molecule has 6 heteroatoms. The Morgan fingerprint density at radius 2 is 2.11 bits per heavy atom. The average Bonchev–Trinajstić information content (AvgIpc) is 2.72. The van der Waals surface area contributed by atoms with Gasteiger partial charge in [0.2, 0.25) is 0 Å². The first-order chi connectivity index (χ1) is 9.19. The van der Waals surface area contributed by atoms with Crippen molar-refractivity contribution in [3.8, 4) is 6.07 Å². The summed E-state index contributed by atoms with van der Waals surface area (Å²) in [6.07, 6.45) is 0.570. The largest absolute Gasteiger partial charge is 0.480 e. The number of nitriles is 1. The molecule has 2 aromatic rings. The summed E-state index contributed by atoms with van der Waals surface area (Å²) < 4.78 is 1.34. The van der Waals surface area contributed by atoms with Crippen LogP contribution in [0.25, 0.3) is 0 Å². The molecule has 1 aromatic carbocycles. The fraction of sp³-hybridized carbons (Fsp3) is 0.231. The number of carboxylic acid groups (broad SMARTS) is 1. The highest BCUT2D eigenvalue weighted by molar-refractivity contribution is 5.66. The third kappa shape index (κ3) is 3.39. The molecule has 96 valence electrons. The van der Waals surface area contributed by atoms with E-state index in [1.807, 2.05) is 36.4 Å². The van der Waals surface area contributed by atoms with Crippen LogP contribution in [0, 0.1) is 11.3 Å². The minimum atomic E-state index is -0.984. The Labute approximate surface area is 109 Å². The van der Waals surface area contributed by atoms with E-state index in [9.17, 15) is 4.79 Å². The molecule has 0 amide bonds. The van der Waals surface area contributed by atoms with Gasteiger partial charge in [-0.05, 0) is 5.56 Å². The van der Waals surface area contributed by atoms with Crippen LogP contribution in [0.4, 0.5) is 0 Å². The number of carbonyl (C=O) groups is 1. The van der Waals surface area contributed by atoms with Gasteiger partial charge in [0, 0.05) is 6.42 Å². The SMILES string of the molecule is N#CCc1nc(Cc2ccccc2)n(CC(=O)O)n1. The summed E-state index contributed by atoms with van der Waals surface area (Å²) in [5, 5.41) is 21.5. The Morgan fingerprint density at radius 1 is 1.37 bits per heavy atom. The van der Waals surface area contributed by atoms with Gasteiger partial charge in [-0.25, -0.2) is 9.67 Å². The molecule has 1 heterocycles. The zero-order chi connectivity index (χ0) is 13.7. The van der Waals surface area contributed by atoms with E-state index in [-0.39, 0.29) is 13.0 Å². The monoisotopic (exact) mass is 256 g/mol. The molecule has 2 rings (SSSR count). The lowest BCUT2D eigenvalue weighted by molar-refractivity contribution is -0.137. The van der Waals surface area contributed by atoms with Gasteiger partial charge in [0.1, 0.15) is 12.4 Å². The van der Waals surface area contributed by atoms with Crippen molar-refractivity contribution < 1.29 is 9.90 Å². The summed E-state index contributed by atoms with van der Waals surface area (Å²) >= 11 is 0. The van der Waals surface area contributed by atoms with E-state index in [2.05, 4.69) is 10.1 Å².